The van der Waals surface area contributed by atoms with Gasteiger partial charge in [0, 0.05) is 5.97 Å². The van der Waals surface area contributed by atoms with Crippen molar-refractivity contribution in [3.63, 3.8) is 0 Å². The Kier molecular flexibility index (Phi) is 6.15. The van der Waals surface area contributed by atoms with E-state index in [1.54, 1.807) is 11.8 Å². The van der Waals surface area contributed by atoms with Gasteiger partial charge in [-0.2, -0.15) is 11.8 Å². The Morgan fingerprint density at radius 2 is 2.42 bits per heavy atom. The maximum atomic E-state index is 10.3. The summed E-state index contributed by atoms with van der Waals surface area (Å²) in [5.41, 5.74) is 0. The van der Waals surface area contributed by atoms with Gasteiger partial charge in [0.2, 0.25) is 0 Å². The first-order valence-electron chi connectivity index (χ1n) is 3.76. The number of aliphatic carboxylic acids is 1. The Hall–Kier alpha value is 0.403. The number of nitrogens with zero attached hydrogens (tertiary/aromatic N) is 1. The van der Waals surface area contributed by atoms with E-state index < -0.39 is 12.0 Å². The van der Waals surface area contributed by atoms with Crippen LogP contribution in [0.25, 0.3) is 5.32 Å². The van der Waals surface area contributed by atoms with Crippen LogP contribution in [0.3, 0.4) is 0 Å². The summed E-state index contributed by atoms with van der Waals surface area (Å²) in [4.78, 5) is 10.3. The minimum absolute atomic E-state index is 0. The van der Waals surface area contributed by atoms with Gasteiger partial charge in [-0.3, -0.25) is 0 Å². The van der Waals surface area contributed by atoms with Gasteiger partial charge in [0.15, 0.2) is 0 Å². The summed E-state index contributed by atoms with van der Waals surface area (Å²) in [6, 6.07) is -0.559. The Morgan fingerprint density at radius 1 is 1.75 bits per heavy atom. The molecular weight excluding hydrogens is 228 g/mol. The van der Waals surface area contributed by atoms with Crippen LogP contribution in [0.4, 0.5) is 0 Å². The first-order valence-corrected chi connectivity index (χ1v) is 4.81. The van der Waals surface area contributed by atoms with Gasteiger partial charge in [0.1, 0.15) is 0 Å². The van der Waals surface area contributed by atoms with Gasteiger partial charge >= 0.3 is 19.5 Å². The molecule has 2 unspecified atom stereocenters. The molecule has 2 atom stereocenters. The van der Waals surface area contributed by atoms with Crippen molar-refractivity contribution in [3.05, 3.63) is 5.32 Å². The smallest absolute Gasteiger partial charge is 0.643 e. The topological polar surface area (TPSA) is 54.2 Å². The average Bonchev–Trinajstić information content (AvgIpc) is 2.37. The van der Waals surface area contributed by atoms with Crippen LogP contribution in [0, 0.1) is 0 Å². The summed E-state index contributed by atoms with van der Waals surface area (Å²) < 4.78 is 0. The number of carboxylic acids is 1. The number of carbonyl (C=O) groups excluding carboxylic acids is 1. The predicted octanol–water partition coefficient (Wildman–Crippen LogP) is 0.349. The van der Waals surface area contributed by atoms with Gasteiger partial charge in [-0.1, -0.05) is 31.2 Å². The third kappa shape index (κ3) is 3.42. The molecule has 1 saturated heterocycles. The van der Waals surface area contributed by atoms with Crippen LogP contribution >= 0.6 is 11.8 Å². The number of hydrogen-bond acceptors (Lipinski definition) is 3. The predicted molar refractivity (Wildman–Crippen MR) is 43.3 cm³/mol. The molecule has 0 aromatic carbocycles. The zero-order chi connectivity index (χ0) is 8.27. The van der Waals surface area contributed by atoms with E-state index in [0.29, 0.717) is 5.75 Å². The molecule has 0 bridgehead atoms. The van der Waals surface area contributed by atoms with Crippen molar-refractivity contribution in [2.45, 2.75) is 31.2 Å². The summed E-state index contributed by atoms with van der Waals surface area (Å²) >= 11 is 1.62. The van der Waals surface area contributed by atoms with E-state index in [1.807, 2.05) is 0 Å². The van der Waals surface area contributed by atoms with Crippen LogP contribution in [0.15, 0.2) is 0 Å². The van der Waals surface area contributed by atoms with E-state index in [9.17, 15) is 9.90 Å². The Morgan fingerprint density at radius 3 is 2.83 bits per heavy atom. The van der Waals surface area contributed by atoms with E-state index in [0.717, 1.165) is 12.8 Å². The van der Waals surface area contributed by atoms with Crippen LogP contribution < -0.4 is 5.11 Å². The van der Waals surface area contributed by atoms with E-state index in [4.69, 9.17) is 0 Å². The Bertz CT molecular complexity index is 156. The first kappa shape index (κ1) is 12.4. The van der Waals surface area contributed by atoms with Crippen molar-refractivity contribution >= 4 is 17.7 Å². The van der Waals surface area contributed by atoms with Crippen molar-refractivity contribution in [2.75, 3.05) is 5.75 Å². The maximum absolute atomic E-state index is 10.3. The van der Waals surface area contributed by atoms with Gasteiger partial charge in [0.25, 0.3) is 0 Å². The Labute approximate surface area is 89.4 Å². The molecule has 1 fully saturated rings. The van der Waals surface area contributed by atoms with Crippen LogP contribution in [0.5, 0.6) is 0 Å². The second kappa shape index (κ2) is 5.95. The van der Waals surface area contributed by atoms with Crippen LogP contribution in [-0.2, 0) is 24.3 Å². The first-order chi connectivity index (χ1) is 5.24. The Balaban J connectivity index is 0.00000121. The van der Waals surface area contributed by atoms with Crippen molar-refractivity contribution in [3.8, 4) is 0 Å². The summed E-state index contributed by atoms with van der Waals surface area (Å²) in [7, 11) is 0. The molecule has 3 nitrogen and oxygen atoms in total. The largest absolute Gasteiger partial charge is 2.00 e. The molecule has 0 saturated carbocycles. The number of rotatable bonds is 3. The van der Waals surface area contributed by atoms with Crippen LogP contribution in [0.2, 0.25) is 0 Å². The quantitative estimate of drug-likeness (QED) is 0.667. The zero-order valence-electron chi connectivity index (χ0n) is 7.16. The molecule has 5 heteroatoms. The fourth-order valence-electron chi connectivity index (χ4n) is 1.02. The number of thioether (sulfide) groups is 1. The molecule has 0 aromatic rings. The molecule has 0 spiro atoms. The third-order valence-electron chi connectivity index (χ3n) is 1.60. The molecule has 0 N–H and O–H groups in total. The van der Waals surface area contributed by atoms with Crippen LogP contribution in [0.1, 0.15) is 19.8 Å². The number of hydrogen-bond donors (Lipinski definition) is 0. The summed E-state index contributed by atoms with van der Waals surface area (Å²) in [6.07, 6.45) is 2.04. The molecule has 0 aliphatic carbocycles. The van der Waals surface area contributed by atoms with Gasteiger partial charge in [-0.15, -0.1) is 0 Å². The van der Waals surface area contributed by atoms with Crippen molar-refractivity contribution in [2.24, 2.45) is 0 Å². The molecule has 0 aromatic heterocycles. The molecule has 1 aliphatic rings. The van der Waals surface area contributed by atoms with Gasteiger partial charge in [0.05, 0.1) is 0 Å². The van der Waals surface area contributed by atoms with Crippen molar-refractivity contribution in [1.82, 2.24) is 0 Å². The molecule has 1 heterocycles. The molecular formula is C7H11NO2SZn. The molecule has 1 aliphatic heterocycles. The van der Waals surface area contributed by atoms with Crippen molar-refractivity contribution in [1.29, 1.82) is 0 Å². The van der Waals surface area contributed by atoms with E-state index in [2.05, 4.69) is 12.2 Å². The summed E-state index contributed by atoms with van der Waals surface area (Å²) in [5, 5.41) is 14.6. The zero-order valence-corrected chi connectivity index (χ0v) is 10.9. The molecule has 0 radical (unpaired) electrons. The second-order valence-corrected chi connectivity index (χ2v) is 3.77. The molecule has 0 amide bonds. The fraction of sp³-hybridized carbons (Fsp3) is 0.857. The average molecular weight is 239 g/mol. The third-order valence-corrected chi connectivity index (χ3v) is 2.85. The SMILES string of the molecule is CCCC1[N-]C(C(=O)[O-])CS1.[Zn+2]. The molecule has 1 rings (SSSR count). The van der Waals surface area contributed by atoms with E-state index in [1.165, 1.54) is 0 Å². The normalized spacial score (nSPS) is 28.1. The summed E-state index contributed by atoms with van der Waals surface area (Å²) in [5.74, 6) is -0.441. The molecule has 12 heavy (non-hydrogen) atoms. The van der Waals surface area contributed by atoms with E-state index in [-0.39, 0.29) is 24.9 Å². The summed E-state index contributed by atoms with van der Waals surface area (Å²) in [6.45, 7) is 2.07. The maximum Gasteiger partial charge on any atom is 2.00 e. The second-order valence-electron chi connectivity index (χ2n) is 2.56. The standard InChI is InChI=1S/C7H12NO2S.Zn/c1-2-3-6-8-5(4-11-6)7(9)10;/h5-6H,2-4H2,1H3,(H,9,10);/q-1;+2/p-1. The monoisotopic (exact) mass is 237 g/mol. The molecule has 64 valence electrons. The van der Waals surface area contributed by atoms with Gasteiger partial charge < -0.3 is 15.2 Å². The van der Waals surface area contributed by atoms with Gasteiger partial charge in [-0.25, -0.2) is 0 Å². The number of carbonyl (C=O) groups is 1. The van der Waals surface area contributed by atoms with Crippen molar-refractivity contribution < 1.29 is 29.4 Å². The van der Waals surface area contributed by atoms with E-state index >= 15 is 0 Å². The minimum atomic E-state index is -1.03. The van der Waals surface area contributed by atoms with Gasteiger partial charge in [-0.05, 0) is 5.75 Å². The number of carboxylic acid groups (broad SMARTS) is 1. The minimum Gasteiger partial charge on any atom is -0.643 e. The van der Waals surface area contributed by atoms with Crippen LogP contribution in [-0.4, -0.2) is 23.1 Å². The fourth-order valence-corrected chi connectivity index (χ4v) is 2.28.